The first-order valence-electron chi connectivity index (χ1n) is 4.55. The lowest BCUT2D eigenvalue weighted by molar-refractivity contribution is 0.476. The summed E-state index contributed by atoms with van der Waals surface area (Å²) in [7, 11) is 4.30. The van der Waals surface area contributed by atoms with Gasteiger partial charge in [0.05, 0.1) is 0 Å². The van der Waals surface area contributed by atoms with Gasteiger partial charge in [-0.05, 0) is 26.9 Å². The van der Waals surface area contributed by atoms with Gasteiger partial charge < -0.3 is 4.90 Å². The van der Waals surface area contributed by atoms with Crippen molar-refractivity contribution in [1.29, 1.82) is 0 Å². The average molecular weight is 173 g/mol. The normalized spacial score (nSPS) is 21.0. The lowest BCUT2D eigenvalue weighted by Crippen LogP contribution is -2.16. The lowest BCUT2D eigenvalue weighted by atomic mass is 10.0. The summed E-state index contributed by atoms with van der Waals surface area (Å²) in [4.78, 5) is 2.26. The molecule has 0 aromatic rings. The van der Waals surface area contributed by atoms with Gasteiger partial charge in [-0.1, -0.05) is 19.3 Å². The molecule has 1 saturated carbocycles. The molecule has 66 valence electrons. The maximum atomic E-state index is 2.26. The minimum absolute atomic E-state index is 0.964. The van der Waals surface area contributed by atoms with Gasteiger partial charge >= 0.3 is 0 Å². The predicted molar refractivity (Wildman–Crippen MR) is 53.0 cm³/mol. The first kappa shape index (κ1) is 9.40. The summed E-state index contributed by atoms with van der Waals surface area (Å²) in [6.07, 6.45) is 7.31. The summed E-state index contributed by atoms with van der Waals surface area (Å²) in [5.41, 5.74) is 0. The molecule has 0 aromatic carbocycles. The summed E-state index contributed by atoms with van der Waals surface area (Å²) in [5.74, 6) is 1.20. The van der Waals surface area contributed by atoms with Crippen LogP contribution in [0, 0.1) is 0 Å². The molecule has 0 aromatic heterocycles. The van der Waals surface area contributed by atoms with Gasteiger partial charge in [0.1, 0.15) is 0 Å². The molecule has 0 radical (unpaired) electrons. The van der Waals surface area contributed by atoms with E-state index < -0.39 is 0 Å². The second-order valence-corrected chi connectivity index (χ2v) is 4.89. The SMILES string of the molecule is CN(C)CSC1CCCCC1. The van der Waals surface area contributed by atoms with Crippen LogP contribution in [0.4, 0.5) is 0 Å². The minimum atomic E-state index is 0.964. The van der Waals surface area contributed by atoms with Crippen molar-refractivity contribution in [3.05, 3.63) is 0 Å². The van der Waals surface area contributed by atoms with Gasteiger partial charge in [0, 0.05) is 11.1 Å². The molecule has 0 atom stereocenters. The third-order valence-corrected chi connectivity index (χ3v) is 3.73. The van der Waals surface area contributed by atoms with E-state index >= 15 is 0 Å². The zero-order valence-electron chi connectivity index (χ0n) is 7.68. The van der Waals surface area contributed by atoms with Crippen LogP contribution < -0.4 is 0 Å². The van der Waals surface area contributed by atoms with Crippen LogP contribution in [0.3, 0.4) is 0 Å². The summed E-state index contributed by atoms with van der Waals surface area (Å²) in [5, 5.41) is 0.964. The number of thioether (sulfide) groups is 1. The number of nitrogens with zero attached hydrogens (tertiary/aromatic N) is 1. The van der Waals surface area contributed by atoms with E-state index in [0.717, 1.165) is 5.25 Å². The topological polar surface area (TPSA) is 3.24 Å². The fraction of sp³-hybridized carbons (Fsp3) is 1.00. The van der Waals surface area contributed by atoms with Crippen molar-refractivity contribution in [2.24, 2.45) is 0 Å². The van der Waals surface area contributed by atoms with Crippen molar-refractivity contribution >= 4 is 11.8 Å². The zero-order chi connectivity index (χ0) is 8.10. The van der Waals surface area contributed by atoms with Crippen LogP contribution in [0.25, 0.3) is 0 Å². The van der Waals surface area contributed by atoms with Crippen molar-refractivity contribution in [2.75, 3.05) is 20.0 Å². The second-order valence-electron chi connectivity index (χ2n) is 3.64. The Balaban J connectivity index is 2.05. The van der Waals surface area contributed by atoms with E-state index in [1.165, 1.54) is 38.0 Å². The van der Waals surface area contributed by atoms with Gasteiger partial charge in [-0.2, -0.15) is 0 Å². The Hall–Kier alpha value is 0.310. The third kappa shape index (κ3) is 4.02. The molecule has 0 heterocycles. The summed E-state index contributed by atoms with van der Waals surface area (Å²) < 4.78 is 0. The highest BCUT2D eigenvalue weighted by Crippen LogP contribution is 2.27. The quantitative estimate of drug-likeness (QED) is 0.603. The largest absolute Gasteiger partial charge is 0.300 e. The van der Waals surface area contributed by atoms with E-state index in [1.807, 2.05) is 0 Å². The maximum Gasteiger partial charge on any atom is 0.0441 e. The van der Waals surface area contributed by atoms with Crippen LogP contribution in [0.1, 0.15) is 32.1 Å². The highest BCUT2D eigenvalue weighted by atomic mass is 32.2. The van der Waals surface area contributed by atoms with E-state index in [4.69, 9.17) is 0 Å². The predicted octanol–water partition coefficient (Wildman–Crippen LogP) is 2.57. The van der Waals surface area contributed by atoms with Crippen LogP contribution in [0.5, 0.6) is 0 Å². The minimum Gasteiger partial charge on any atom is -0.300 e. The van der Waals surface area contributed by atoms with E-state index in [-0.39, 0.29) is 0 Å². The molecule has 2 heteroatoms. The van der Waals surface area contributed by atoms with Crippen molar-refractivity contribution < 1.29 is 0 Å². The average Bonchev–Trinajstić information content (AvgIpc) is 2.03. The highest BCUT2D eigenvalue weighted by molar-refractivity contribution is 7.99. The molecule has 1 fully saturated rings. The molecule has 1 nitrogen and oxygen atoms in total. The Morgan fingerprint density at radius 2 is 1.82 bits per heavy atom. The number of hydrogen-bond acceptors (Lipinski definition) is 2. The molecule has 0 bridgehead atoms. The molecule has 1 aliphatic carbocycles. The lowest BCUT2D eigenvalue weighted by Gasteiger charge is -2.22. The van der Waals surface area contributed by atoms with Gasteiger partial charge in [0.2, 0.25) is 0 Å². The van der Waals surface area contributed by atoms with Crippen LogP contribution in [-0.4, -0.2) is 30.1 Å². The van der Waals surface area contributed by atoms with E-state index in [0.29, 0.717) is 0 Å². The number of hydrogen-bond donors (Lipinski definition) is 0. The Morgan fingerprint density at radius 3 is 2.36 bits per heavy atom. The van der Waals surface area contributed by atoms with E-state index in [2.05, 4.69) is 30.8 Å². The van der Waals surface area contributed by atoms with Gasteiger partial charge in [-0.3, -0.25) is 0 Å². The summed E-state index contributed by atoms with van der Waals surface area (Å²) in [6.45, 7) is 0. The number of rotatable bonds is 3. The molecule has 0 unspecified atom stereocenters. The second kappa shape index (κ2) is 5.04. The molecule has 0 spiro atoms. The molecule has 11 heavy (non-hydrogen) atoms. The fourth-order valence-corrected chi connectivity index (χ4v) is 2.66. The van der Waals surface area contributed by atoms with E-state index in [9.17, 15) is 0 Å². The van der Waals surface area contributed by atoms with Crippen LogP contribution in [0.2, 0.25) is 0 Å². The van der Waals surface area contributed by atoms with Gasteiger partial charge in [-0.25, -0.2) is 0 Å². The van der Waals surface area contributed by atoms with Crippen LogP contribution in [0.15, 0.2) is 0 Å². The molecule has 0 saturated heterocycles. The standard InChI is InChI=1S/C9H19NS/c1-10(2)8-11-9-6-4-3-5-7-9/h9H,3-8H2,1-2H3. The fourth-order valence-electron chi connectivity index (χ4n) is 1.49. The van der Waals surface area contributed by atoms with Crippen molar-refractivity contribution in [3.8, 4) is 0 Å². The van der Waals surface area contributed by atoms with Gasteiger partial charge in [0.25, 0.3) is 0 Å². The molecular formula is C9H19NS. The maximum absolute atomic E-state index is 2.26. The highest BCUT2D eigenvalue weighted by Gasteiger charge is 2.13. The van der Waals surface area contributed by atoms with Crippen LogP contribution >= 0.6 is 11.8 Å². The molecule has 1 rings (SSSR count). The van der Waals surface area contributed by atoms with Crippen molar-refractivity contribution in [3.63, 3.8) is 0 Å². The van der Waals surface area contributed by atoms with Gasteiger partial charge in [0.15, 0.2) is 0 Å². The summed E-state index contributed by atoms with van der Waals surface area (Å²) in [6, 6.07) is 0. The molecule has 0 aliphatic heterocycles. The molecule has 0 amide bonds. The van der Waals surface area contributed by atoms with Gasteiger partial charge in [-0.15, -0.1) is 11.8 Å². The monoisotopic (exact) mass is 173 g/mol. The molecule has 1 aliphatic rings. The first-order chi connectivity index (χ1) is 5.29. The molecule has 0 N–H and O–H groups in total. The molecular weight excluding hydrogens is 154 g/mol. The van der Waals surface area contributed by atoms with E-state index in [1.54, 1.807) is 0 Å². The summed E-state index contributed by atoms with van der Waals surface area (Å²) >= 11 is 2.13. The first-order valence-corrected chi connectivity index (χ1v) is 5.60. The van der Waals surface area contributed by atoms with Crippen LogP contribution in [-0.2, 0) is 0 Å². The Kier molecular flexibility index (Phi) is 4.31. The third-order valence-electron chi connectivity index (χ3n) is 2.12. The smallest absolute Gasteiger partial charge is 0.0441 e. The van der Waals surface area contributed by atoms with Crippen molar-refractivity contribution in [1.82, 2.24) is 4.90 Å². The zero-order valence-corrected chi connectivity index (χ0v) is 8.49. The Labute approximate surface area is 74.5 Å². The Morgan fingerprint density at radius 1 is 1.18 bits per heavy atom. The Bertz CT molecular complexity index is 97.7. The van der Waals surface area contributed by atoms with Crippen molar-refractivity contribution in [2.45, 2.75) is 37.4 Å².